The number of hydrogen-bond donors (Lipinski definition) is 11. The predicted molar refractivity (Wildman–Crippen MR) is 232 cm³/mol. The summed E-state index contributed by atoms with van der Waals surface area (Å²) in [6, 6.07) is 0. The zero-order valence-electron chi connectivity index (χ0n) is 40.0. The fourth-order valence-electron chi connectivity index (χ4n) is 15.1. The molecule has 3 heterocycles. The van der Waals surface area contributed by atoms with Crippen LogP contribution in [0.1, 0.15) is 98.8 Å². The second kappa shape index (κ2) is 18.8. The van der Waals surface area contributed by atoms with Gasteiger partial charge in [0.25, 0.3) is 0 Å². The Bertz CT molecular complexity index is 1880. The molecule has 68 heavy (non-hydrogen) atoms. The largest absolute Gasteiger partial charge is 0.469 e. The van der Waals surface area contributed by atoms with Gasteiger partial charge in [-0.05, 0) is 105 Å². The summed E-state index contributed by atoms with van der Waals surface area (Å²) in [5.74, 6) is -1.47. The van der Waals surface area contributed by atoms with Crippen molar-refractivity contribution in [1.82, 2.24) is 0 Å². The fourth-order valence-corrected chi connectivity index (χ4v) is 15.1. The number of carbonyl (C=O) groups excluding carboxylic acids is 2. The van der Waals surface area contributed by atoms with Gasteiger partial charge in [0.2, 0.25) is 6.29 Å². The summed E-state index contributed by atoms with van der Waals surface area (Å²) in [5, 5.41) is 116. The third-order valence-electron chi connectivity index (χ3n) is 19.5. The van der Waals surface area contributed by atoms with Crippen LogP contribution in [0.25, 0.3) is 0 Å². The molecule has 0 aromatic heterocycles. The van der Waals surface area contributed by atoms with Crippen molar-refractivity contribution in [2.24, 2.45) is 50.2 Å². The first kappa shape index (κ1) is 52.4. The average Bonchev–Trinajstić information content (AvgIpc) is 3.31. The third-order valence-corrected chi connectivity index (χ3v) is 19.5. The van der Waals surface area contributed by atoms with Crippen LogP contribution in [0.3, 0.4) is 0 Å². The molecule has 0 radical (unpaired) electrons. The van der Waals surface area contributed by atoms with Crippen molar-refractivity contribution in [1.29, 1.82) is 0 Å². The topological polar surface area (TPSA) is 321 Å². The van der Waals surface area contributed by atoms with Gasteiger partial charge in [0.15, 0.2) is 12.6 Å². The minimum absolute atomic E-state index is 0.0728. The van der Waals surface area contributed by atoms with Crippen molar-refractivity contribution in [3.63, 3.8) is 0 Å². The van der Waals surface area contributed by atoms with Crippen molar-refractivity contribution in [2.45, 2.75) is 191 Å². The van der Waals surface area contributed by atoms with Crippen LogP contribution in [0.5, 0.6) is 0 Å². The Balaban J connectivity index is 1.04. The fraction of sp³-hybridized carbons (Fsp3) is 0.917. The lowest BCUT2D eigenvalue weighted by Crippen LogP contribution is -2.67. The maximum Gasteiger partial charge on any atom is 0.315 e. The van der Waals surface area contributed by atoms with Gasteiger partial charge in [0.05, 0.1) is 50.5 Å². The third kappa shape index (κ3) is 7.94. The Labute approximate surface area is 396 Å². The van der Waals surface area contributed by atoms with E-state index in [4.69, 9.17) is 33.2 Å². The second-order valence-electron chi connectivity index (χ2n) is 22.7. The number of methoxy groups -OCH3 is 1. The second-order valence-corrected chi connectivity index (χ2v) is 22.7. The maximum atomic E-state index is 14.8. The first-order chi connectivity index (χ1) is 31.9. The van der Waals surface area contributed by atoms with Crippen molar-refractivity contribution in [3.05, 3.63) is 11.6 Å². The van der Waals surface area contributed by atoms with Crippen molar-refractivity contribution < 1.29 is 98.9 Å². The number of ether oxygens (including phenoxy) is 7. The normalized spacial score (nSPS) is 53.7. The van der Waals surface area contributed by atoms with Gasteiger partial charge in [-0.2, -0.15) is 0 Å². The van der Waals surface area contributed by atoms with E-state index in [9.17, 15) is 65.8 Å². The number of rotatable bonds is 10. The maximum absolute atomic E-state index is 14.8. The van der Waals surface area contributed by atoms with Crippen LogP contribution in [0.4, 0.5) is 0 Å². The number of allylic oxidation sites excluding steroid dienone is 2. The van der Waals surface area contributed by atoms with Crippen LogP contribution >= 0.6 is 0 Å². The van der Waals surface area contributed by atoms with Crippen molar-refractivity contribution in [3.8, 4) is 0 Å². The monoisotopic (exact) mass is 972 g/mol. The lowest BCUT2D eigenvalue weighted by atomic mass is 9.33. The number of carbonyl (C=O) groups is 2. The quantitative estimate of drug-likeness (QED) is 0.0704. The Kier molecular flexibility index (Phi) is 14.5. The summed E-state index contributed by atoms with van der Waals surface area (Å²) < 4.78 is 40.7. The Morgan fingerprint density at radius 2 is 1.29 bits per heavy atom. The molecule has 4 saturated carbocycles. The van der Waals surface area contributed by atoms with Gasteiger partial charge in [-0.3, -0.25) is 9.59 Å². The highest BCUT2D eigenvalue weighted by atomic mass is 16.7. The molecule has 20 nitrogen and oxygen atoms in total. The molecule has 5 aliphatic carbocycles. The zero-order valence-corrected chi connectivity index (χ0v) is 40.0. The highest BCUT2D eigenvalue weighted by Gasteiger charge is 2.71. The molecule has 3 saturated heterocycles. The molecule has 24 atom stereocenters. The molecular formula is C48H76O20. The number of aliphatic hydroxyl groups excluding tert-OH is 11. The van der Waals surface area contributed by atoms with Gasteiger partial charge < -0.3 is 89.3 Å². The predicted octanol–water partition coefficient (Wildman–Crippen LogP) is -1.09. The van der Waals surface area contributed by atoms with E-state index in [-0.39, 0.29) is 48.3 Å². The van der Waals surface area contributed by atoms with Gasteiger partial charge in [-0.25, -0.2) is 0 Å². The first-order valence-electron chi connectivity index (χ1n) is 24.5. The molecule has 0 amide bonds. The molecule has 0 spiro atoms. The van der Waals surface area contributed by atoms with Crippen LogP contribution in [0.15, 0.2) is 11.6 Å². The smallest absolute Gasteiger partial charge is 0.315 e. The van der Waals surface area contributed by atoms with E-state index in [1.54, 1.807) is 0 Å². The van der Waals surface area contributed by atoms with Crippen LogP contribution < -0.4 is 0 Å². The average molecular weight is 973 g/mol. The Hall–Kier alpha value is -1.96. The van der Waals surface area contributed by atoms with Crippen LogP contribution in [0.2, 0.25) is 0 Å². The van der Waals surface area contributed by atoms with Gasteiger partial charge in [-0.1, -0.05) is 39.3 Å². The van der Waals surface area contributed by atoms with E-state index < -0.39 is 139 Å². The molecule has 8 rings (SSSR count). The molecule has 7 fully saturated rings. The highest BCUT2D eigenvalue weighted by Crippen LogP contribution is 2.76. The molecule has 0 bridgehead atoms. The summed E-state index contributed by atoms with van der Waals surface area (Å²) in [6.45, 7) is 8.79. The summed E-state index contributed by atoms with van der Waals surface area (Å²) in [5.41, 5.74) is -2.95. The van der Waals surface area contributed by atoms with Gasteiger partial charge in [-0.15, -0.1) is 0 Å². The van der Waals surface area contributed by atoms with E-state index in [0.717, 1.165) is 12.0 Å². The summed E-state index contributed by atoms with van der Waals surface area (Å²) in [6.07, 6.45) is -15.1. The standard InChI is InChI=1S/C48H76O20/c1-43(41(60)62-6)13-15-48(42(61)68-40-35(58)33(56)31(54)26(19-50)65-40)16-14-46(4)22(23(48)17-43)7-8-28-44(2)11-10-29(45(3,21-51)27(44)9-12-47(28,46)5)66-38-36(59)37(24(52)20-63-38)67-39-34(57)32(55)30(53)25(18-49)64-39/h7,23-40,49-59H,8-21H2,1-6H3/t23?,24?,25?,26?,27?,28?,29-,30?,31?,32-,33?,34?,35?,36?,37?,38?,39-,40?,43-,44-,45-,46+,47+,48-/m0/s1. The molecular weight excluding hydrogens is 897 g/mol. The molecule has 0 aromatic rings. The molecule has 0 aromatic carbocycles. The first-order valence-corrected chi connectivity index (χ1v) is 24.5. The number of esters is 2. The van der Waals surface area contributed by atoms with Crippen LogP contribution in [0, 0.1) is 50.2 Å². The minimum atomic E-state index is -1.77. The summed E-state index contributed by atoms with van der Waals surface area (Å²) in [7, 11) is 1.35. The molecule has 388 valence electrons. The minimum Gasteiger partial charge on any atom is -0.469 e. The lowest BCUT2D eigenvalue weighted by Gasteiger charge is -2.71. The summed E-state index contributed by atoms with van der Waals surface area (Å²) in [4.78, 5) is 28.3. The zero-order chi connectivity index (χ0) is 49.7. The molecule has 11 N–H and O–H groups in total. The van der Waals surface area contributed by atoms with E-state index in [1.165, 1.54) is 7.11 Å². The van der Waals surface area contributed by atoms with E-state index in [1.807, 2.05) is 13.8 Å². The number of fused-ring (bicyclic) bond motifs is 7. The Morgan fingerprint density at radius 3 is 1.91 bits per heavy atom. The molecule has 15 unspecified atom stereocenters. The Morgan fingerprint density at radius 1 is 0.676 bits per heavy atom. The van der Waals surface area contributed by atoms with E-state index in [0.29, 0.717) is 51.4 Å². The van der Waals surface area contributed by atoms with Crippen LogP contribution in [-0.2, 0) is 42.7 Å². The molecule has 20 heteroatoms. The highest BCUT2D eigenvalue weighted by molar-refractivity contribution is 5.81. The van der Waals surface area contributed by atoms with Gasteiger partial charge in [0.1, 0.15) is 67.1 Å². The molecule has 3 aliphatic heterocycles. The number of hydrogen-bond acceptors (Lipinski definition) is 20. The van der Waals surface area contributed by atoms with Gasteiger partial charge in [0, 0.05) is 5.41 Å². The molecule has 8 aliphatic rings. The number of aliphatic hydroxyl groups is 11. The van der Waals surface area contributed by atoms with Crippen LogP contribution in [-0.4, -0.2) is 194 Å². The van der Waals surface area contributed by atoms with Crippen molar-refractivity contribution >= 4 is 11.9 Å². The van der Waals surface area contributed by atoms with Crippen molar-refractivity contribution in [2.75, 3.05) is 33.5 Å². The summed E-state index contributed by atoms with van der Waals surface area (Å²) >= 11 is 0. The lowest BCUT2D eigenvalue weighted by molar-refractivity contribution is -0.358. The van der Waals surface area contributed by atoms with E-state index in [2.05, 4.69) is 26.8 Å². The van der Waals surface area contributed by atoms with Gasteiger partial charge >= 0.3 is 11.9 Å². The van der Waals surface area contributed by atoms with E-state index >= 15 is 0 Å². The SMILES string of the molecule is COC(=O)[C@@]1(C)CC[C@]2(C(=O)OC3OC(CO)C(O)C(O)C3O)CC[C@]3(C)C(=CCC4[C@@]5(C)CC[C@H](OC6OCC(O)C(O[C@@H]7OC(CO)C(O)[C@H](O)C7O)C6O)[C@@](C)(CO)C5CC[C@]43C)C2C1.